The van der Waals surface area contributed by atoms with Crippen molar-refractivity contribution in [1.82, 2.24) is 15.5 Å². The Morgan fingerprint density at radius 3 is 2.58 bits per heavy atom. The summed E-state index contributed by atoms with van der Waals surface area (Å²) in [4.78, 5) is 15.0. The average molecular weight is 444 g/mol. The molecular weight excluding hydrogens is 410 g/mol. The third kappa shape index (κ3) is 5.62. The average Bonchev–Trinajstić information content (AvgIpc) is 3.26. The molecule has 3 aromatic rings. The summed E-state index contributed by atoms with van der Waals surface area (Å²) in [5.41, 5.74) is 2.41. The van der Waals surface area contributed by atoms with Crippen molar-refractivity contribution < 1.29 is 9.53 Å². The fourth-order valence-corrected chi connectivity index (χ4v) is 4.63. The molecule has 2 atom stereocenters. The smallest absolute Gasteiger partial charge is 0.237 e. The minimum Gasteiger partial charge on any atom is -0.496 e. The van der Waals surface area contributed by atoms with Gasteiger partial charge in [0, 0.05) is 37.6 Å². The van der Waals surface area contributed by atoms with Gasteiger partial charge in [0.05, 0.1) is 13.2 Å². The molecule has 1 saturated heterocycles. The van der Waals surface area contributed by atoms with E-state index in [-0.39, 0.29) is 18.0 Å². The standard InChI is InChI=1S/C28H33N3O2/c1-3-29-28(32)26-18-23(20-31(26)17-9-12-21-10-5-4-6-11-21)30-19-22-15-16-27(33-2)25-14-8-7-13-24(22)25/h4-16,23,26,30H,3,17-20H2,1-2H3,(H,29,32)/b12-9+/t23-,26+/m1/s1. The first-order valence-electron chi connectivity index (χ1n) is 11.7. The highest BCUT2D eigenvalue weighted by Gasteiger charge is 2.35. The first-order valence-corrected chi connectivity index (χ1v) is 11.7. The van der Waals surface area contributed by atoms with E-state index >= 15 is 0 Å². The largest absolute Gasteiger partial charge is 0.496 e. The minimum absolute atomic E-state index is 0.115. The number of ether oxygens (including phenoxy) is 1. The Morgan fingerprint density at radius 2 is 1.82 bits per heavy atom. The molecule has 4 rings (SSSR count). The van der Waals surface area contributed by atoms with Crippen LogP contribution in [-0.4, -0.2) is 49.6 Å². The van der Waals surface area contributed by atoms with Gasteiger partial charge in [-0.25, -0.2) is 0 Å². The summed E-state index contributed by atoms with van der Waals surface area (Å²) in [6.07, 6.45) is 5.08. The molecule has 1 fully saturated rings. The first-order chi connectivity index (χ1) is 16.2. The van der Waals surface area contributed by atoms with Crippen molar-refractivity contribution in [2.75, 3.05) is 26.7 Å². The Kier molecular flexibility index (Phi) is 7.76. The SMILES string of the molecule is CCNC(=O)[C@@H]1C[C@@H](NCc2ccc(OC)c3ccccc23)CN1C/C=C/c1ccccc1. The van der Waals surface area contributed by atoms with Crippen LogP contribution in [0, 0.1) is 0 Å². The predicted octanol–water partition coefficient (Wildman–Crippen LogP) is 4.23. The van der Waals surface area contributed by atoms with Gasteiger partial charge in [-0.2, -0.15) is 0 Å². The van der Waals surface area contributed by atoms with E-state index in [1.807, 2.05) is 37.3 Å². The van der Waals surface area contributed by atoms with Gasteiger partial charge in [-0.15, -0.1) is 0 Å². The number of nitrogens with zero attached hydrogens (tertiary/aromatic N) is 1. The number of methoxy groups -OCH3 is 1. The molecule has 1 heterocycles. The zero-order valence-corrected chi connectivity index (χ0v) is 19.5. The monoisotopic (exact) mass is 443 g/mol. The third-order valence-electron chi connectivity index (χ3n) is 6.28. The van der Waals surface area contributed by atoms with Gasteiger partial charge in [0.25, 0.3) is 0 Å². The van der Waals surface area contributed by atoms with E-state index < -0.39 is 0 Å². The summed E-state index contributed by atoms with van der Waals surface area (Å²) >= 11 is 0. The van der Waals surface area contributed by atoms with Crippen molar-refractivity contribution in [2.24, 2.45) is 0 Å². The predicted molar refractivity (Wildman–Crippen MR) is 135 cm³/mol. The summed E-state index contributed by atoms with van der Waals surface area (Å²) in [6.45, 7) is 4.97. The first kappa shape index (κ1) is 23.0. The van der Waals surface area contributed by atoms with Crippen molar-refractivity contribution in [3.8, 4) is 5.75 Å². The van der Waals surface area contributed by atoms with Crippen LogP contribution in [0.15, 0.2) is 72.8 Å². The van der Waals surface area contributed by atoms with Crippen LogP contribution in [0.4, 0.5) is 0 Å². The molecule has 2 N–H and O–H groups in total. The zero-order chi connectivity index (χ0) is 23.0. The summed E-state index contributed by atoms with van der Waals surface area (Å²) in [5, 5.41) is 9.04. The van der Waals surface area contributed by atoms with Crippen LogP contribution in [0.1, 0.15) is 24.5 Å². The molecule has 0 spiro atoms. The van der Waals surface area contributed by atoms with E-state index in [1.54, 1.807) is 7.11 Å². The lowest BCUT2D eigenvalue weighted by Gasteiger charge is -2.21. The zero-order valence-electron chi connectivity index (χ0n) is 19.5. The van der Waals surface area contributed by atoms with Crippen molar-refractivity contribution in [1.29, 1.82) is 0 Å². The van der Waals surface area contributed by atoms with Crippen LogP contribution in [-0.2, 0) is 11.3 Å². The molecule has 0 saturated carbocycles. The second kappa shape index (κ2) is 11.1. The van der Waals surface area contributed by atoms with Crippen molar-refractivity contribution >= 4 is 22.8 Å². The molecule has 1 aliphatic heterocycles. The summed E-state index contributed by atoms with van der Waals surface area (Å²) < 4.78 is 5.53. The third-order valence-corrected chi connectivity index (χ3v) is 6.28. The van der Waals surface area contributed by atoms with Gasteiger partial charge >= 0.3 is 0 Å². The number of carbonyl (C=O) groups is 1. The molecule has 0 aliphatic carbocycles. The molecular formula is C28H33N3O2. The molecule has 1 aliphatic rings. The van der Waals surface area contributed by atoms with Gasteiger partial charge in [-0.1, -0.05) is 72.8 Å². The Labute approximate surface area is 196 Å². The van der Waals surface area contributed by atoms with Gasteiger partial charge in [0.1, 0.15) is 5.75 Å². The summed E-state index contributed by atoms with van der Waals surface area (Å²) in [5.74, 6) is 1.01. The Hall–Kier alpha value is -3.15. The molecule has 33 heavy (non-hydrogen) atoms. The van der Waals surface area contributed by atoms with Gasteiger partial charge < -0.3 is 15.4 Å². The van der Waals surface area contributed by atoms with E-state index in [9.17, 15) is 4.79 Å². The molecule has 0 unspecified atom stereocenters. The molecule has 0 aromatic heterocycles. The number of hydrogen-bond donors (Lipinski definition) is 2. The topological polar surface area (TPSA) is 53.6 Å². The number of likely N-dealkylation sites (tertiary alicyclic amines) is 1. The maximum Gasteiger partial charge on any atom is 0.237 e. The van der Waals surface area contributed by atoms with E-state index in [2.05, 4.69) is 64.1 Å². The molecule has 172 valence electrons. The fraction of sp³-hybridized carbons (Fsp3) is 0.321. The van der Waals surface area contributed by atoms with Crippen LogP contribution in [0.3, 0.4) is 0 Å². The highest BCUT2D eigenvalue weighted by molar-refractivity contribution is 5.91. The number of hydrogen-bond acceptors (Lipinski definition) is 4. The van der Waals surface area contributed by atoms with Gasteiger partial charge in [-0.05, 0) is 35.9 Å². The number of amides is 1. The molecule has 5 heteroatoms. The summed E-state index contributed by atoms with van der Waals surface area (Å²) in [6, 6.07) is 22.9. The fourth-order valence-electron chi connectivity index (χ4n) is 4.63. The Balaban J connectivity index is 1.43. The second-order valence-corrected chi connectivity index (χ2v) is 8.46. The van der Waals surface area contributed by atoms with E-state index in [1.165, 1.54) is 16.5 Å². The molecule has 0 bridgehead atoms. The number of rotatable bonds is 9. The maximum absolute atomic E-state index is 12.7. The van der Waals surface area contributed by atoms with Crippen LogP contribution in [0.25, 0.3) is 16.8 Å². The van der Waals surface area contributed by atoms with Crippen LogP contribution >= 0.6 is 0 Å². The van der Waals surface area contributed by atoms with Gasteiger partial charge in [0.2, 0.25) is 5.91 Å². The maximum atomic E-state index is 12.7. The number of likely N-dealkylation sites (N-methyl/N-ethyl adjacent to an activating group) is 1. The molecule has 3 aromatic carbocycles. The Morgan fingerprint density at radius 1 is 1.06 bits per heavy atom. The Bertz CT molecular complexity index is 1100. The van der Waals surface area contributed by atoms with Crippen LogP contribution in [0.5, 0.6) is 5.75 Å². The highest BCUT2D eigenvalue weighted by Crippen LogP contribution is 2.28. The van der Waals surface area contributed by atoms with Gasteiger partial charge in [0.15, 0.2) is 0 Å². The molecule has 1 amide bonds. The van der Waals surface area contributed by atoms with E-state index in [4.69, 9.17) is 4.74 Å². The number of carbonyl (C=O) groups excluding carboxylic acids is 1. The minimum atomic E-state index is -0.115. The summed E-state index contributed by atoms with van der Waals surface area (Å²) in [7, 11) is 1.71. The van der Waals surface area contributed by atoms with E-state index in [0.29, 0.717) is 6.54 Å². The lowest BCUT2D eigenvalue weighted by atomic mass is 10.0. The van der Waals surface area contributed by atoms with E-state index in [0.717, 1.165) is 37.2 Å². The van der Waals surface area contributed by atoms with Crippen molar-refractivity contribution in [3.05, 3.63) is 83.9 Å². The number of fused-ring (bicyclic) bond motifs is 1. The quantitative estimate of drug-likeness (QED) is 0.520. The molecule has 5 nitrogen and oxygen atoms in total. The van der Waals surface area contributed by atoms with Gasteiger partial charge in [-0.3, -0.25) is 9.69 Å². The lowest BCUT2D eigenvalue weighted by molar-refractivity contribution is -0.125. The lowest BCUT2D eigenvalue weighted by Crippen LogP contribution is -2.43. The van der Waals surface area contributed by atoms with Crippen molar-refractivity contribution in [2.45, 2.75) is 32.0 Å². The van der Waals surface area contributed by atoms with Crippen LogP contribution in [0.2, 0.25) is 0 Å². The van der Waals surface area contributed by atoms with Crippen LogP contribution < -0.4 is 15.4 Å². The van der Waals surface area contributed by atoms with Crippen molar-refractivity contribution in [3.63, 3.8) is 0 Å². The normalized spacial score (nSPS) is 18.7. The number of benzene rings is 3. The highest BCUT2D eigenvalue weighted by atomic mass is 16.5. The second-order valence-electron chi connectivity index (χ2n) is 8.46. The molecule has 0 radical (unpaired) electrons. The number of nitrogens with one attached hydrogen (secondary N) is 2.